The van der Waals surface area contributed by atoms with E-state index in [9.17, 15) is 9.65 Å². The van der Waals surface area contributed by atoms with Crippen molar-refractivity contribution in [1.82, 2.24) is 0 Å². The fraction of sp³-hybridized carbons (Fsp3) is 0.0455. The average Bonchev–Trinajstić information content (AvgIpc) is 2.66. The monoisotopic (exact) mass is 407 g/mol. The van der Waals surface area contributed by atoms with Gasteiger partial charge < -0.3 is 4.74 Å². The number of para-hydroxylation sites is 1. The summed E-state index contributed by atoms with van der Waals surface area (Å²) in [6, 6.07) is 23.5. The second-order valence-corrected chi connectivity index (χ2v) is 6.55. The van der Waals surface area contributed by atoms with E-state index in [1.165, 1.54) is 12.1 Å². The minimum atomic E-state index is -0.372. The lowest BCUT2D eigenvalue weighted by atomic mass is 10.0. The predicted octanol–water partition coefficient (Wildman–Crippen LogP) is 6.23. The molecule has 3 aromatic carbocycles. The maximum Gasteiger partial charge on any atom is 0.127 e. The van der Waals surface area contributed by atoms with Gasteiger partial charge in [-0.15, -0.1) is 0 Å². The molecule has 0 saturated carbocycles. The topological polar surface area (TPSA) is 33.0 Å². The molecule has 0 N–H and O–H groups in total. The van der Waals surface area contributed by atoms with Gasteiger partial charge in [0.15, 0.2) is 0 Å². The Balaban J connectivity index is 1.86. The molecule has 4 heteroatoms. The van der Waals surface area contributed by atoms with E-state index in [-0.39, 0.29) is 5.82 Å². The van der Waals surface area contributed by atoms with Crippen LogP contribution in [-0.2, 0) is 6.61 Å². The standard InChI is InChI=1S/C22H15BrFNO/c23-20-10-8-16(9-11-20)15-26-22-7-2-1-4-18(22)12-19(14-25)17-5-3-6-21(24)13-17/h1-13H,15H2/b19-12-. The van der Waals surface area contributed by atoms with Gasteiger partial charge in [0.2, 0.25) is 0 Å². The highest BCUT2D eigenvalue weighted by atomic mass is 79.9. The maximum absolute atomic E-state index is 13.5. The largest absolute Gasteiger partial charge is 0.488 e. The second kappa shape index (κ2) is 8.46. The lowest BCUT2D eigenvalue weighted by Crippen LogP contribution is -1.97. The number of ether oxygens (including phenoxy) is 1. The molecule has 0 spiro atoms. The van der Waals surface area contributed by atoms with Crippen LogP contribution in [0.1, 0.15) is 16.7 Å². The van der Waals surface area contributed by atoms with Crippen molar-refractivity contribution in [3.05, 3.63) is 99.8 Å². The van der Waals surface area contributed by atoms with Gasteiger partial charge in [-0.05, 0) is 47.5 Å². The van der Waals surface area contributed by atoms with Crippen LogP contribution in [0.2, 0.25) is 0 Å². The molecule has 26 heavy (non-hydrogen) atoms. The van der Waals surface area contributed by atoms with E-state index < -0.39 is 0 Å². The third kappa shape index (κ3) is 4.59. The lowest BCUT2D eigenvalue weighted by molar-refractivity contribution is 0.305. The number of hydrogen-bond acceptors (Lipinski definition) is 2. The molecule has 3 rings (SSSR count). The summed E-state index contributed by atoms with van der Waals surface area (Å²) in [6.07, 6.45) is 1.71. The molecule has 0 fully saturated rings. The van der Waals surface area contributed by atoms with Crippen molar-refractivity contribution in [2.75, 3.05) is 0 Å². The van der Waals surface area contributed by atoms with Crippen molar-refractivity contribution >= 4 is 27.6 Å². The number of nitriles is 1. The molecule has 0 amide bonds. The zero-order valence-corrected chi connectivity index (χ0v) is 15.4. The summed E-state index contributed by atoms with van der Waals surface area (Å²) < 4.78 is 20.4. The van der Waals surface area contributed by atoms with E-state index in [0.717, 1.165) is 15.6 Å². The van der Waals surface area contributed by atoms with Gasteiger partial charge in [0, 0.05) is 10.0 Å². The van der Waals surface area contributed by atoms with Crippen LogP contribution < -0.4 is 4.74 Å². The first-order valence-electron chi connectivity index (χ1n) is 8.00. The maximum atomic E-state index is 13.5. The minimum absolute atomic E-state index is 0.372. The van der Waals surface area contributed by atoms with Crippen LogP contribution in [0.3, 0.4) is 0 Å². The highest BCUT2D eigenvalue weighted by molar-refractivity contribution is 9.10. The van der Waals surface area contributed by atoms with Crippen molar-refractivity contribution in [3.8, 4) is 11.8 Å². The van der Waals surface area contributed by atoms with Crippen molar-refractivity contribution in [2.45, 2.75) is 6.61 Å². The van der Waals surface area contributed by atoms with Gasteiger partial charge in [0.25, 0.3) is 0 Å². The van der Waals surface area contributed by atoms with E-state index in [1.54, 1.807) is 18.2 Å². The van der Waals surface area contributed by atoms with E-state index in [1.807, 2.05) is 48.5 Å². The summed E-state index contributed by atoms with van der Waals surface area (Å²) in [4.78, 5) is 0. The molecule has 0 saturated heterocycles. The highest BCUT2D eigenvalue weighted by Crippen LogP contribution is 2.26. The Bertz CT molecular complexity index is 974. The van der Waals surface area contributed by atoms with Gasteiger partial charge in [-0.3, -0.25) is 0 Å². The molecule has 128 valence electrons. The van der Waals surface area contributed by atoms with Crippen LogP contribution >= 0.6 is 15.9 Å². The predicted molar refractivity (Wildman–Crippen MR) is 105 cm³/mol. The molecule has 3 aromatic rings. The third-order valence-electron chi connectivity index (χ3n) is 3.78. The SMILES string of the molecule is N#C/C(=C/c1ccccc1OCc1ccc(Br)cc1)c1cccc(F)c1. The zero-order chi connectivity index (χ0) is 18.4. The summed E-state index contributed by atoms with van der Waals surface area (Å²) in [5.74, 6) is 0.294. The molecule has 0 atom stereocenters. The van der Waals surface area contributed by atoms with Crippen LogP contribution in [0.25, 0.3) is 11.6 Å². The Morgan fingerprint density at radius 3 is 2.54 bits per heavy atom. The molecule has 0 aliphatic heterocycles. The molecular weight excluding hydrogens is 393 g/mol. The lowest BCUT2D eigenvalue weighted by Gasteiger charge is -2.10. The summed E-state index contributed by atoms with van der Waals surface area (Å²) in [6.45, 7) is 0.417. The molecule has 0 radical (unpaired) electrons. The van der Waals surface area contributed by atoms with E-state index >= 15 is 0 Å². The Labute approximate surface area is 160 Å². The first-order valence-corrected chi connectivity index (χ1v) is 8.79. The average molecular weight is 408 g/mol. The van der Waals surface area contributed by atoms with Gasteiger partial charge in [0.1, 0.15) is 18.2 Å². The fourth-order valence-electron chi connectivity index (χ4n) is 2.46. The van der Waals surface area contributed by atoms with Crippen LogP contribution in [0.4, 0.5) is 4.39 Å². The Hall–Kier alpha value is -2.90. The number of rotatable bonds is 5. The number of hydrogen-bond donors (Lipinski definition) is 0. The number of benzene rings is 3. The smallest absolute Gasteiger partial charge is 0.127 e. The fourth-order valence-corrected chi connectivity index (χ4v) is 2.73. The van der Waals surface area contributed by atoms with E-state index in [2.05, 4.69) is 22.0 Å². The summed E-state index contributed by atoms with van der Waals surface area (Å²) in [7, 11) is 0. The molecule has 0 aliphatic carbocycles. The Morgan fingerprint density at radius 1 is 1.04 bits per heavy atom. The molecular formula is C22H15BrFNO. The van der Waals surface area contributed by atoms with Crippen LogP contribution in [0.5, 0.6) is 5.75 Å². The number of halogens is 2. The van der Waals surface area contributed by atoms with Crippen molar-refractivity contribution in [2.24, 2.45) is 0 Å². The van der Waals surface area contributed by atoms with Gasteiger partial charge in [0.05, 0.1) is 11.6 Å². The van der Waals surface area contributed by atoms with Gasteiger partial charge in [-0.1, -0.05) is 58.4 Å². The normalized spacial score (nSPS) is 11.0. The quantitative estimate of drug-likeness (QED) is 0.370. The van der Waals surface area contributed by atoms with Gasteiger partial charge in [-0.25, -0.2) is 4.39 Å². The highest BCUT2D eigenvalue weighted by Gasteiger charge is 2.06. The zero-order valence-electron chi connectivity index (χ0n) is 13.8. The van der Waals surface area contributed by atoms with Gasteiger partial charge in [-0.2, -0.15) is 5.26 Å². The van der Waals surface area contributed by atoms with Crippen LogP contribution in [0, 0.1) is 17.1 Å². The summed E-state index contributed by atoms with van der Waals surface area (Å²) >= 11 is 3.41. The third-order valence-corrected chi connectivity index (χ3v) is 4.31. The van der Waals surface area contributed by atoms with E-state index in [4.69, 9.17) is 4.74 Å². The molecule has 0 heterocycles. The molecule has 0 bridgehead atoms. The summed E-state index contributed by atoms with van der Waals surface area (Å²) in [5, 5.41) is 9.47. The van der Waals surface area contributed by atoms with Crippen molar-refractivity contribution in [3.63, 3.8) is 0 Å². The van der Waals surface area contributed by atoms with Crippen molar-refractivity contribution < 1.29 is 9.13 Å². The van der Waals surface area contributed by atoms with Crippen molar-refractivity contribution in [1.29, 1.82) is 5.26 Å². The number of nitrogens with zero attached hydrogens (tertiary/aromatic N) is 1. The Kier molecular flexibility index (Phi) is 5.83. The molecule has 0 aliphatic rings. The first-order chi connectivity index (χ1) is 12.7. The molecule has 2 nitrogen and oxygen atoms in total. The second-order valence-electron chi connectivity index (χ2n) is 5.63. The first kappa shape index (κ1) is 17.9. The van der Waals surface area contributed by atoms with Gasteiger partial charge >= 0.3 is 0 Å². The Morgan fingerprint density at radius 2 is 1.81 bits per heavy atom. The number of allylic oxidation sites excluding steroid dienone is 1. The van der Waals surface area contributed by atoms with Crippen LogP contribution in [0.15, 0.2) is 77.3 Å². The summed E-state index contributed by atoms with van der Waals surface area (Å²) in [5.41, 5.74) is 2.72. The molecule has 0 unspecified atom stereocenters. The van der Waals surface area contributed by atoms with E-state index in [0.29, 0.717) is 23.5 Å². The van der Waals surface area contributed by atoms with Crippen LogP contribution in [-0.4, -0.2) is 0 Å². The molecule has 0 aromatic heterocycles. The minimum Gasteiger partial charge on any atom is -0.488 e.